The van der Waals surface area contributed by atoms with E-state index in [4.69, 9.17) is 16.3 Å². The van der Waals surface area contributed by atoms with Gasteiger partial charge in [-0.1, -0.05) is 54.9 Å². The van der Waals surface area contributed by atoms with E-state index < -0.39 is 0 Å². The second-order valence-corrected chi connectivity index (χ2v) is 8.22. The minimum Gasteiger partial charge on any atom is -0.491 e. The van der Waals surface area contributed by atoms with Gasteiger partial charge in [0.2, 0.25) is 5.91 Å². The fourth-order valence-corrected chi connectivity index (χ4v) is 3.76. The summed E-state index contributed by atoms with van der Waals surface area (Å²) in [5.41, 5.74) is 2.49. The molecule has 0 unspecified atom stereocenters. The van der Waals surface area contributed by atoms with Gasteiger partial charge in [0, 0.05) is 46.3 Å². The van der Waals surface area contributed by atoms with Crippen LogP contribution >= 0.6 is 11.6 Å². The largest absolute Gasteiger partial charge is 0.491 e. The SMILES string of the molecule is CCc1ccc(CN(C)C(=O)CN2CCN(CCOc3ccccc3Cl)CC2)cc1. The first kappa shape index (κ1) is 22.6. The van der Waals surface area contributed by atoms with Crippen LogP contribution < -0.4 is 4.74 Å². The predicted octanol–water partition coefficient (Wildman–Crippen LogP) is 3.56. The number of aryl methyl sites for hydroxylation is 1. The molecule has 2 aromatic rings. The molecule has 30 heavy (non-hydrogen) atoms. The standard InChI is InChI=1S/C24H32ClN3O2/c1-3-20-8-10-21(11-9-20)18-26(2)24(29)19-28-14-12-27(13-15-28)16-17-30-23-7-5-4-6-22(23)25/h4-11H,3,12-19H2,1-2H3. The Morgan fingerprint density at radius 3 is 2.30 bits per heavy atom. The first-order valence-corrected chi connectivity index (χ1v) is 11.1. The van der Waals surface area contributed by atoms with Crippen molar-refractivity contribution in [2.75, 3.05) is 52.9 Å². The zero-order valence-electron chi connectivity index (χ0n) is 18.0. The van der Waals surface area contributed by atoms with Crippen LogP contribution in [0.3, 0.4) is 0 Å². The van der Waals surface area contributed by atoms with Crippen molar-refractivity contribution < 1.29 is 9.53 Å². The number of hydrogen-bond donors (Lipinski definition) is 0. The summed E-state index contributed by atoms with van der Waals surface area (Å²) >= 11 is 6.12. The van der Waals surface area contributed by atoms with Crippen LogP contribution in [0.2, 0.25) is 5.02 Å². The quantitative estimate of drug-likeness (QED) is 0.610. The summed E-state index contributed by atoms with van der Waals surface area (Å²) in [6, 6.07) is 16.1. The maximum atomic E-state index is 12.6. The molecule has 3 rings (SSSR count). The van der Waals surface area contributed by atoms with E-state index in [1.807, 2.05) is 36.2 Å². The van der Waals surface area contributed by atoms with Crippen molar-refractivity contribution in [2.45, 2.75) is 19.9 Å². The van der Waals surface area contributed by atoms with Gasteiger partial charge in [0.15, 0.2) is 0 Å². The van der Waals surface area contributed by atoms with Crippen LogP contribution in [0.25, 0.3) is 0 Å². The Morgan fingerprint density at radius 1 is 1.00 bits per heavy atom. The minimum absolute atomic E-state index is 0.171. The summed E-state index contributed by atoms with van der Waals surface area (Å²) in [4.78, 5) is 19.1. The van der Waals surface area contributed by atoms with Crippen LogP contribution in [-0.2, 0) is 17.8 Å². The van der Waals surface area contributed by atoms with Gasteiger partial charge in [-0.05, 0) is 29.7 Å². The highest BCUT2D eigenvalue weighted by Crippen LogP contribution is 2.22. The topological polar surface area (TPSA) is 36.0 Å². The van der Waals surface area contributed by atoms with Gasteiger partial charge >= 0.3 is 0 Å². The molecule has 0 aromatic heterocycles. The van der Waals surface area contributed by atoms with Crippen molar-refractivity contribution in [3.8, 4) is 5.75 Å². The fourth-order valence-electron chi connectivity index (χ4n) is 3.57. The monoisotopic (exact) mass is 429 g/mol. The van der Waals surface area contributed by atoms with Crippen LogP contribution in [0.15, 0.2) is 48.5 Å². The summed E-state index contributed by atoms with van der Waals surface area (Å²) in [6.07, 6.45) is 1.03. The number of halogens is 1. The number of para-hydroxylation sites is 1. The molecule has 2 aromatic carbocycles. The Labute approximate surface area is 185 Å². The molecule has 0 radical (unpaired) electrons. The van der Waals surface area contributed by atoms with Crippen molar-refractivity contribution in [1.82, 2.24) is 14.7 Å². The summed E-state index contributed by atoms with van der Waals surface area (Å²) in [5.74, 6) is 0.904. The lowest BCUT2D eigenvalue weighted by Gasteiger charge is -2.34. The third-order valence-corrected chi connectivity index (χ3v) is 5.91. The highest BCUT2D eigenvalue weighted by Gasteiger charge is 2.20. The Hall–Kier alpha value is -2.08. The number of piperazine rings is 1. The zero-order chi connectivity index (χ0) is 21.3. The fraction of sp³-hybridized carbons (Fsp3) is 0.458. The molecule has 1 aliphatic heterocycles. The normalized spacial score (nSPS) is 15.2. The number of rotatable bonds is 9. The van der Waals surface area contributed by atoms with Gasteiger partial charge in [-0.15, -0.1) is 0 Å². The molecular weight excluding hydrogens is 398 g/mol. The van der Waals surface area contributed by atoms with Crippen LogP contribution in [0, 0.1) is 0 Å². The molecule has 0 spiro atoms. The second-order valence-electron chi connectivity index (χ2n) is 7.82. The predicted molar refractivity (Wildman–Crippen MR) is 122 cm³/mol. The van der Waals surface area contributed by atoms with E-state index in [1.54, 1.807) is 0 Å². The van der Waals surface area contributed by atoms with Crippen LogP contribution in [-0.4, -0.2) is 73.5 Å². The first-order chi connectivity index (χ1) is 14.5. The molecule has 0 saturated carbocycles. The Kier molecular flexibility index (Phi) is 8.55. The summed E-state index contributed by atoms with van der Waals surface area (Å²) in [6.45, 7) is 8.45. The van der Waals surface area contributed by atoms with Gasteiger partial charge in [0.1, 0.15) is 12.4 Å². The third kappa shape index (κ3) is 6.73. The van der Waals surface area contributed by atoms with E-state index in [1.165, 1.54) is 11.1 Å². The number of carbonyl (C=O) groups excluding carboxylic acids is 1. The van der Waals surface area contributed by atoms with Crippen molar-refractivity contribution >= 4 is 17.5 Å². The number of ether oxygens (including phenoxy) is 1. The van der Waals surface area contributed by atoms with E-state index >= 15 is 0 Å². The molecule has 1 amide bonds. The number of nitrogens with zero attached hydrogens (tertiary/aromatic N) is 3. The Morgan fingerprint density at radius 2 is 1.63 bits per heavy atom. The molecule has 1 aliphatic rings. The third-order valence-electron chi connectivity index (χ3n) is 5.60. The molecule has 0 atom stereocenters. The Bertz CT molecular complexity index is 804. The molecule has 162 valence electrons. The summed E-state index contributed by atoms with van der Waals surface area (Å²) in [5, 5.41) is 0.645. The molecule has 0 N–H and O–H groups in total. The van der Waals surface area contributed by atoms with Gasteiger partial charge < -0.3 is 9.64 Å². The highest BCUT2D eigenvalue weighted by atomic mass is 35.5. The minimum atomic E-state index is 0.171. The maximum absolute atomic E-state index is 12.6. The van der Waals surface area contributed by atoms with E-state index in [0.29, 0.717) is 24.7 Å². The van der Waals surface area contributed by atoms with Gasteiger partial charge in [-0.3, -0.25) is 14.6 Å². The van der Waals surface area contributed by atoms with Crippen LogP contribution in [0.5, 0.6) is 5.75 Å². The molecule has 5 nitrogen and oxygen atoms in total. The lowest BCUT2D eigenvalue weighted by molar-refractivity contribution is -0.132. The zero-order valence-corrected chi connectivity index (χ0v) is 18.8. The molecular formula is C24H32ClN3O2. The van der Waals surface area contributed by atoms with Crippen molar-refractivity contribution in [1.29, 1.82) is 0 Å². The summed E-state index contributed by atoms with van der Waals surface area (Å²) in [7, 11) is 1.89. The van der Waals surface area contributed by atoms with Crippen LogP contribution in [0.4, 0.5) is 0 Å². The van der Waals surface area contributed by atoms with E-state index in [9.17, 15) is 4.79 Å². The Balaban J connectivity index is 1.35. The number of likely N-dealkylation sites (N-methyl/N-ethyl adjacent to an activating group) is 1. The number of hydrogen-bond acceptors (Lipinski definition) is 4. The van der Waals surface area contributed by atoms with E-state index in [-0.39, 0.29) is 5.91 Å². The highest BCUT2D eigenvalue weighted by molar-refractivity contribution is 6.32. The smallest absolute Gasteiger partial charge is 0.236 e. The van der Waals surface area contributed by atoms with E-state index in [0.717, 1.165) is 44.9 Å². The van der Waals surface area contributed by atoms with Gasteiger partial charge in [0.05, 0.1) is 11.6 Å². The van der Waals surface area contributed by atoms with Crippen molar-refractivity contribution in [3.63, 3.8) is 0 Å². The van der Waals surface area contributed by atoms with E-state index in [2.05, 4.69) is 41.0 Å². The number of benzene rings is 2. The maximum Gasteiger partial charge on any atom is 0.236 e. The molecule has 6 heteroatoms. The molecule has 1 fully saturated rings. The number of amides is 1. The average Bonchev–Trinajstić information content (AvgIpc) is 2.76. The van der Waals surface area contributed by atoms with Gasteiger partial charge in [0.25, 0.3) is 0 Å². The molecule has 0 bridgehead atoms. The average molecular weight is 430 g/mol. The van der Waals surface area contributed by atoms with Crippen molar-refractivity contribution in [3.05, 3.63) is 64.7 Å². The first-order valence-electron chi connectivity index (χ1n) is 10.7. The molecule has 0 aliphatic carbocycles. The number of carbonyl (C=O) groups is 1. The van der Waals surface area contributed by atoms with Gasteiger partial charge in [-0.25, -0.2) is 0 Å². The van der Waals surface area contributed by atoms with Gasteiger partial charge in [-0.2, -0.15) is 0 Å². The lowest BCUT2D eigenvalue weighted by atomic mass is 10.1. The van der Waals surface area contributed by atoms with Crippen molar-refractivity contribution in [2.24, 2.45) is 0 Å². The summed E-state index contributed by atoms with van der Waals surface area (Å²) < 4.78 is 5.79. The second kappa shape index (κ2) is 11.3. The molecule has 1 heterocycles. The lowest BCUT2D eigenvalue weighted by Crippen LogP contribution is -2.50. The molecule has 1 saturated heterocycles. The van der Waals surface area contributed by atoms with Crippen LogP contribution in [0.1, 0.15) is 18.1 Å².